The number of hydrogen-bond acceptors (Lipinski definition) is 4. The second-order valence-corrected chi connectivity index (χ2v) is 3.88. The van der Waals surface area contributed by atoms with E-state index in [1.807, 2.05) is 13.8 Å². The third kappa shape index (κ3) is 4.10. The lowest BCUT2D eigenvalue weighted by Crippen LogP contribution is -2.15. The molecular formula is C10H15ClN4O. The maximum Gasteiger partial charge on any atom is 0.249 e. The molecule has 6 heteroatoms. The van der Waals surface area contributed by atoms with E-state index < -0.39 is 0 Å². The van der Waals surface area contributed by atoms with Crippen LogP contribution >= 0.6 is 11.6 Å². The molecule has 1 heterocycles. The Morgan fingerprint density at radius 1 is 1.25 bits per heavy atom. The summed E-state index contributed by atoms with van der Waals surface area (Å²) in [6.07, 6.45) is 2.04. The zero-order chi connectivity index (χ0) is 12.0. The molecule has 1 aromatic heterocycles. The van der Waals surface area contributed by atoms with Crippen molar-refractivity contribution in [3.63, 3.8) is 0 Å². The van der Waals surface area contributed by atoms with Crippen LogP contribution < -0.4 is 5.32 Å². The molecule has 0 fully saturated rings. The summed E-state index contributed by atoms with van der Waals surface area (Å²) in [6, 6.07) is 0. The predicted molar refractivity (Wildman–Crippen MR) is 62.5 cm³/mol. The molecule has 88 valence electrons. The van der Waals surface area contributed by atoms with Gasteiger partial charge in [0.2, 0.25) is 11.9 Å². The largest absolute Gasteiger partial charge is 0.293 e. The molecule has 0 atom stereocenters. The molecule has 0 bridgehead atoms. The number of rotatable bonds is 5. The van der Waals surface area contributed by atoms with Gasteiger partial charge in [-0.1, -0.05) is 0 Å². The fourth-order valence-electron chi connectivity index (χ4n) is 1.08. The molecule has 0 saturated carbocycles. The Kier molecular flexibility index (Phi) is 5.11. The number of carbonyl (C=O) groups excluding carboxylic acids is 1. The number of nitrogens with one attached hydrogen (secondary N) is 1. The summed E-state index contributed by atoms with van der Waals surface area (Å²) in [6.45, 7) is 3.65. The van der Waals surface area contributed by atoms with Gasteiger partial charge in [-0.15, -0.1) is 16.7 Å². The van der Waals surface area contributed by atoms with Gasteiger partial charge in [0.15, 0.2) is 0 Å². The molecule has 5 nitrogen and oxygen atoms in total. The van der Waals surface area contributed by atoms with Crippen LogP contribution in [0.3, 0.4) is 0 Å². The molecule has 1 amide bonds. The average molecular weight is 243 g/mol. The number of unbranched alkanes of at least 4 members (excludes halogenated alkanes) is 1. The Bertz CT molecular complexity index is 370. The Morgan fingerprint density at radius 2 is 2.00 bits per heavy atom. The predicted octanol–water partition coefficient (Wildman–Crippen LogP) is 1.84. The van der Waals surface area contributed by atoms with Gasteiger partial charge in [0.1, 0.15) is 0 Å². The summed E-state index contributed by atoms with van der Waals surface area (Å²) >= 11 is 5.52. The van der Waals surface area contributed by atoms with Gasteiger partial charge in [0.05, 0.1) is 11.4 Å². The number of alkyl halides is 1. The van der Waals surface area contributed by atoms with Gasteiger partial charge in [0.25, 0.3) is 0 Å². The lowest BCUT2D eigenvalue weighted by atomic mass is 10.2. The van der Waals surface area contributed by atoms with Crippen LogP contribution in [0, 0.1) is 13.8 Å². The van der Waals surface area contributed by atoms with Crippen molar-refractivity contribution in [1.82, 2.24) is 15.2 Å². The minimum absolute atomic E-state index is 0.102. The molecule has 1 N–H and O–H groups in total. The van der Waals surface area contributed by atoms with E-state index in [-0.39, 0.29) is 11.9 Å². The highest BCUT2D eigenvalue weighted by Gasteiger charge is 2.06. The van der Waals surface area contributed by atoms with Crippen LogP contribution in [0.1, 0.15) is 30.7 Å². The summed E-state index contributed by atoms with van der Waals surface area (Å²) in [5.41, 5.74) is 1.53. The van der Waals surface area contributed by atoms with E-state index in [9.17, 15) is 4.79 Å². The third-order valence-electron chi connectivity index (χ3n) is 2.13. The maximum atomic E-state index is 11.4. The Hall–Kier alpha value is -1.23. The van der Waals surface area contributed by atoms with Crippen molar-refractivity contribution in [3.8, 4) is 0 Å². The van der Waals surface area contributed by atoms with E-state index in [4.69, 9.17) is 11.6 Å². The Morgan fingerprint density at radius 3 is 2.62 bits per heavy atom. The highest BCUT2D eigenvalue weighted by atomic mass is 35.5. The summed E-state index contributed by atoms with van der Waals surface area (Å²) < 4.78 is 0. The zero-order valence-corrected chi connectivity index (χ0v) is 10.2. The van der Waals surface area contributed by atoms with Crippen molar-refractivity contribution >= 4 is 23.5 Å². The number of carbonyl (C=O) groups is 1. The number of anilines is 1. The van der Waals surface area contributed by atoms with Crippen molar-refractivity contribution in [1.29, 1.82) is 0 Å². The van der Waals surface area contributed by atoms with Crippen LogP contribution in [0.2, 0.25) is 0 Å². The molecule has 1 aromatic rings. The Balaban J connectivity index is 2.46. The molecule has 0 aliphatic rings. The summed E-state index contributed by atoms with van der Waals surface area (Å²) in [4.78, 5) is 15.5. The topological polar surface area (TPSA) is 67.8 Å². The Labute approximate surface area is 99.6 Å². The van der Waals surface area contributed by atoms with Crippen LogP contribution in [-0.4, -0.2) is 27.0 Å². The standard InChI is InChI=1S/C10H15ClN4O/c1-7-8(2)14-15-10(12-7)13-9(16)5-3-4-6-11/h3-6H2,1-2H3,(H,12,13,15,16). The SMILES string of the molecule is Cc1nnc(NC(=O)CCCCCl)nc1C. The van der Waals surface area contributed by atoms with Crippen molar-refractivity contribution < 1.29 is 4.79 Å². The van der Waals surface area contributed by atoms with Crippen LogP contribution in [0.5, 0.6) is 0 Å². The van der Waals surface area contributed by atoms with E-state index in [0.29, 0.717) is 12.3 Å². The van der Waals surface area contributed by atoms with E-state index in [1.54, 1.807) is 0 Å². The first-order valence-corrected chi connectivity index (χ1v) is 5.70. The minimum atomic E-state index is -0.102. The highest BCUT2D eigenvalue weighted by Crippen LogP contribution is 2.04. The van der Waals surface area contributed by atoms with Gasteiger partial charge in [0, 0.05) is 12.3 Å². The quantitative estimate of drug-likeness (QED) is 0.632. The molecule has 0 spiro atoms. The monoisotopic (exact) mass is 242 g/mol. The molecule has 0 saturated heterocycles. The number of halogens is 1. The van der Waals surface area contributed by atoms with Gasteiger partial charge in [-0.2, -0.15) is 5.10 Å². The smallest absolute Gasteiger partial charge is 0.249 e. The molecule has 0 aliphatic carbocycles. The maximum absolute atomic E-state index is 11.4. The molecule has 16 heavy (non-hydrogen) atoms. The van der Waals surface area contributed by atoms with E-state index in [2.05, 4.69) is 20.5 Å². The normalized spacial score (nSPS) is 10.2. The van der Waals surface area contributed by atoms with E-state index in [1.165, 1.54) is 0 Å². The number of nitrogens with zero attached hydrogens (tertiary/aromatic N) is 3. The van der Waals surface area contributed by atoms with Gasteiger partial charge >= 0.3 is 0 Å². The summed E-state index contributed by atoms with van der Waals surface area (Å²) in [7, 11) is 0. The minimum Gasteiger partial charge on any atom is -0.293 e. The number of aryl methyl sites for hydroxylation is 2. The van der Waals surface area contributed by atoms with Crippen molar-refractivity contribution in [3.05, 3.63) is 11.4 Å². The second kappa shape index (κ2) is 6.37. The van der Waals surface area contributed by atoms with Crippen molar-refractivity contribution in [2.45, 2.75) is 33.1 Å². The lowest BCUT2D eigenvalue weighted by molar-refractivity contribution is -0.116. The van der Waals surface area contributed by atoms with Crippen molar-refractivity contribution in [2.24, 2.45) is 0 Å². The average Bonchev–Trinajstić information content (AvgIpc) is 2.24. The van der Waals surface area contributed by atoms with Gasteiger partial charge in [-0.3, -0.25) is 10.1 Å². The summed E-state index contributed by atoms with van der Waals surface area (Å²) in [5, 5.41) is 10.3. The van der Waals surface area contributed by atoms with E-state index in [0.717, 1.165) is 24.2 Å². The number of aromatic nitrogens is 3. The first-order valence-electron chi connectivity index (χ1n) is 5.17. The lowest BCUT2D eigenvalue weighted by Gasteiger charge is -2.04. The number of hydrogen-bond donors (Lipinski definition) is 1. The molecule has 1 rings (SSSR count). The molecule has 0 aromatic carbocycles. The van der Waals surface area contributed by atoms with Crippen LogP contribution in [0.15, 0.2) is 0 Å². The zero-order valence-electron chi connectivity index (χ0n) is 9.46. The van der Waals surface area contributed by atoms with Gasteiger partial charge in [-0.25, -0.2) is 4.98 Å². The second-order valence-electron chi connectivity index (χ2n) is 3.50. The molecular weight excluding hydrogens is 228 g/mol. The van der Waals surface area contributed by atoms with Crippen LogP contribution in [0.25, 0.3) is 0 Å². The fourth-order valence-corrected chi connectivity index (χ4v) is 1.27. The molecule has 0 aliphatic heterocycles. The van der Waals surface area contributed by atoms with Crippen LogP contribution in [-0.2, 0) is 4.79 Å². The van der Waals surface area contributed by atoms with Gasteiger partial charge in [-0.05, 0) is 26.7 Å². The summed E-state index contributed by atoms with van der Waals surface area (Å²) in [5.74, 6) is 0.740. The molecule has 0 unspecified atom stereocenters. The van der Waals surface area contributed by atoms with Gasteiger partial charge < -0.3 is 0 Å². The van der Waals surface area contributed by atoms with Crippen molar-refractivity contribution in [2.75, 3.05) is 11.2 Å². The fraction of sp³-hybridized carbons (Fsp3) is 0.600. The third-order valence-corrected chi connectivity index (χ3v) is 2.40. The highest BCUT2D eigenvalue weighted by molar-refractivity contribution is 6.17. The molecule has 0 radical (unpaired) electrons. The number of amides is 1. The van der Waals surface area contributed by atoms with Crippen LogP contribution in [0.4, 0.5) is 5.95 Å². The van der Waals surface area contributed by atoms with E-state index >= 15 is 0 Å². The first kappa shape index (κ1) is 12.8. The first-order chi connectivity index (χ1) is 7.63.